The maximum Gasteiger partial charge on any atom is 0.0596 e. The number of pyridine rings is 1. The molecule has 0 aromatic carbocycles. The van der Waals surface area contributed by atoms with E-state index in [4.69, 9.17) is 0 Å². The minimum Gasteiger partial charge on any atom is -0.317 e. The molecule has 102 valence electrons. The smallest absolute Gasteiger partial charge is 0.0596 e. The number of hydrogen-bond donors (Lipinski definition) is 1. The van der Waals surface area contributed by atoms with Crippen molar-refractivity contribution in [3.8, 4) is 0 Å². The Hall–Kier alpha value is -1.68. The molecule has 4 heteroatoms. The molecule has 0 spiro atoms. The summed E-state index contributed by atoms with van der Waals surface area (Å²) in [6.45, 7) is 2.03. The highest BCUT2D eigenvalue weighted by atomic mass is 15.3. The van der Waals surface area contributed by atoms with E-state index in [2.05, 4.69) is 27.5 Å². The van der Waals surface area contributed by atoms with E-state index in [1.165, 1.54) is 5.69 Å². The zero-order valence-corrected chi connectivity index (χ0v) is 11.9. The molecule has 0 aliphatic rings. The van der Waals surface area contributed by atoms with Crippen molar-refractivity contribution in [3.63, 3.8) is 0 Å². The number of rotatable bonds is 6. The van der Waals surface area contributed by atoms with Gasteiger partial charge in [0.2, 0.25) is 0 Å². The Morgan fingerprint density at radius 3 is 2.79 bits per heavy atom. The van der Waals surface area contributed by atoms with Gasteiger partial charge in [-0.15, -0.1) is 0 Å². The summed E-state index contributed by atoms with van der Waals surface area (Å²) >= 11 is 0. The molecular formula is C15H22N4. The van der Waals surface area contributed by atoms with E-state index < -0.39 is 0 Å². The van der Waals surface area contributed by atoms with Crippen LogP contribution < -0.4 is 5.32 Å². The second kappa shape index (κ2) is 6.48. The fourth-order valence-electron chi connectivity index (χ4n) is 2.32. The quantitative estimate of drug-likeness (QED) is 0.860. The topological polar surface area (TPSA) is 42.7 Å². The highest BCUT2D eigenvalue weighted by Crippen LogP contribution is 2.09. The molecule has 19 heavy (non-hydrogen) atoms. The van der Waals surface area contributed by atoms with E-state index in [9.17, 15) is 0 Å². The summed E-state index contributed by atoms with van der Waals surface area (Å²) in [7, 11) is 4.03. The molecule has 4 nitrogen and oxygen atoms in total. The first kappa shape index (κ1) is 13.7. The summed E-state index contributed by atoms with van der Waals surface area (Å²) < 4.78 is 1.97. The number of likely N-dealkylation sites (N-methyl/N-ethyl adjacent to an activating group) is 1. The molecule has 1 unspecified atom stereocenters. The first-order chi connectivity index (χ1) is 9.19. The number of nitrogens with zero attached hydrogens (tertiary/aromatic N) is 3. The summed E-state index contributed by atoms with van der Waals surface area (Å²) in [6, 6.07) is 8.70. The van der Waals surface area contributed by atoms with Gasteiger partial charge in [-0.1, -0.05) is 6.07 Å². The van der Waals surface area contributed by atoms with Crippen LogP contribution in [-0.2, 0) is 19.9 Å². The van der Waals surface area contributed by atoms with Gasteiger partial charge in [-0.25, -0.2) is 0 Å². The third-order valence-corrected chi connectivity index (χ3v) is 3.44. The minimum atomic E-state index is 0.455. The van der Waals surface area contributed by atoms with Crippen LogP contribution in [0.25, 0.3) is 0 Å². The zero-order chi connectivity index (χ0) is 13.7. The van der Waals surface area contributed by atoms with Gasteiger partial charge in [0, 0.05) is 37.1 Å². The summed E-state index contributed by atoms with van der Waals surface area (Å²) in [4.78, 5) is 4.37. The van der Waals surface area contributed by atoms with E-state index >= 15 is 0 Å². The van der Waals surface area contributed by atoms with Crippen LogP contribution >= 0.6 is 0 Å². The Bertz CT molecular complexity index is 504. The molecule has 2 aromatic rings. The van der Waals surface area contributed by atoms with Crippen molar-refractivity contribution in [3.05, 3.63) is 47.5 Å². The van der Waals surface area contributed by atoms with Crippen molar-refractivity contribution in [1.82, 2.24) is 20.1 Å². The molecule has 2 aromatic heterocycles. The lowest BCUT2D eigenvalue weighted by Gasteiger charge is -2.15. The summed E-state index contributed by atoms with van der Waals surface area (Å²) in [6.07, 6.45) is 4.94. The molecular weight excluding hydrogens is 236 g/mol. The predicted octanol–water partition coefficient (Wildman–Crippen LogP) is 1.89. The Balaban J connectivity index is 1.92. The Labute approximate surface area is 114 Å². The van der Waals surface area contributed by atoms with Crippen LogP contribution in [0.2, 0.25) is 0 Å². The summed E-state index contributed by atoms with van der Waals surface area (Å²) in [5.41, 5.74) is 3.51. The molecule has 0 amide bonds. The lowest BCUT2D eigenvalue weighted by Crippen LogP contribution is -2.29. The highest BCUT2D eigenvalue weighted by molar-refractivity contribution is 5.10. The Morgan fingerprint density at radius 1 is 1.37 bits per heavy atom. The summed E-state index contributed by atoms with van der Waals surface area (Å²) in [5, 5.41) is 7.78. The van der Waals surface area contributed by atoms with Crippen LogP contribution in [0.15, 0.2) is 30.5 Å². The average Bonchev–Trinajstić information content (AvgIpc) is 2.74. The molecule has 0 aliphatic carbocycles. The maximum absolute atomic E-state index is 4.39. The fraction of sp³-hybridized carbons (Fsp3) is 0.467. The van der Waals surface area contributed by atoms with Crippen LogP contribution in [-0.4, -0.2) is 27.9 Å². The molecule has 1 atom stereocenters. The van der Waals surface area contributed by atoms with Gasteiger partial charge in [-0.2, -0.15) is 5.10 Å². The van der Waals surface area contributed by atoms with Crippen molar-refractivity contribution < 1.29 is 0 Å². The van der Waals surface area contributed by atoms with E-state index in [-0.39, 0.29) is 0 Å². The average molecular weight is 258 g/mol. The number of aromatic nitrogens is 3. The molecule has 0 saturated heterocycles. The van der Waals surface area contributed by atoms with E-state index in [0.29, 0.717) is 6.04 Å². The maximum atomic E-state index is 4.39. The first-order valence-electron chi connectivity index (χ1n) is 6.75. The van der Waals surface area contributed by atoms with E-state index in [0.717, 1.165) is 30.7 Å². The number of hydrogen-bond acceptors (Lipinski definition) is 3. The largest absolute Gasteiger partial charge is 0.317 e. The molecule has 2 rings (SSSR count). The van der Waals surface area contributed by atoms with Gasteiger partial charge in [-0.05, 0) is 45.0 Å². The minimum absolute atomic E-state index is 0.455. The van der Waals surface area contributed by atoms with E-state index in [1.54, 1.807) is 0 Å². The first-order valence-corrected chi connectivity index (χ1v) is 6.75. The van der Waals surface area contributed by atoms with E-state index in [1.807, 2.05) is 44.0 Å². The van der Waals surface area contributed by atoms with Crippen LogP contribution in [0.3, 0.4) is 0 Å². The molecule has 0 aliphatic heterocycles. The molecule has 0 fully saturated rings. The van der Waals surface area contributed by atoms with Crippen LogP contribution in [0.4, 0.5) is 0 Å². The third-order valence-electron chi connectivity index (χ3n) is 3.44. The fourth-order valence-corrected chi connectivity index (χ4v) is 2.32. The van der Waals surface area contributed by atoms with Gasteiger partial charge < -0.3 is 5.32 Å². The van der Waals surface area contributed by atoms with Gasteiger partial charge in [0.25, 0.3) is 0 Å². The monoisotopic (exact) mass is 258 g/mol. The Morgan fingerprint density at radius 2 is 2.21 bits per heavy atom. The third kappa shape index (κ3) is 3.89. The van der Waals surface area contributed by atoms with Crippen molar-refractivity contribution >= 4 is 0 Å². The highest BCUT2D eigenvalue weighted by Gasteiger charge is 2.11. The molecule has 0 saturated carbocycles. The van der Waals surface area contributed by atoms with Gasteiger partial charge >= 0.3 is 0 Å². The predicted molar refractivity (Wildman–Crippen MR) is 77.1 cm³/mol. The van der Waals surface area contributed by atoms with Crippen molar-refractivity contribution in [1.29, 1.82) is 0 Å². The van der Waals surface area contributed by atoms with Gasteiger partial charge in [0.15, 0.2) is 0 Å². The normalized spacial score (nSPS) is 12.6. The number of aryl methyl sites for hydroxylation is 3. The molecule has 1 N–H and O–H groups in total. The van der Waals surface area contributed by atoms with Gasteiger partial charge in [-0.3, -0.25) is 9.67 Å². The van der Waals surface area contributed by atoms with Gasteiger partial charge in [0.05, 0.1) is 5.69 Å². The lowest BCUT2D eigenvalue weighted by molar-refractivity contribution is 0.501. The van der Waals surface area contributed by atoms with Crippen molar-refractivity contribution in [2.75, 3.05) is 7.05 Å². The van der Waals surface area contributed by atoms with Crippen molar-refractivity contribution in [2.45, 2.75) is 32.2 Å². The van der Waals surface area contributed by atoms with Crippen LogP contribution in [0.1, 0.15) is 23.5 Å². The molecule has 0 radical (unpaired) electrons. The van der Waals surface area contributed by atoms with Crippen LogP contribution in [0.5, 0.6) is 0 Å². The molecule has 2 heterocycles. The Kier molecular flexibility index (Phi) is 4.68. The zero-order valence-electron chi connectivity index (χ0n) is 11.9. The van der Waals surface area contributed by atoms with Gasteiger partial charge in [0.1, 0.15) is 0 Å². The number of nitrogens with one attached hydrogen (secondary N) is 1. The second-order valence-electron chi connectivity index (χ2n) is 4.95. The second-order valence-corrected chi connectivity index (χ2v) is 4.95. The molecule has 0 bridgehead atoms. The standard InChI is InChI=1S/C15H22N4/c1-12-10-15(19(3)18-12)11-14(16-2)8-7-13-6-4-5-9-17-13/h4-6,9-10,14,16H,7-8,11H2,1-3H3. The van der Waals surface area contributed by atoms with Crippen molar-refractivity contribution in [2.24, 2.45) is 7.05 Å². The lowest BCUT2D eigenvalue weighted by atomic mass is 10.0. The van der Waals surface area contributed by atoms with Crippen LogP contribution in [0, 0.1) is 6.92 Å². The summed E-state index contributed by atoms with van der Waals surface area (Å²) in [5.74, 6) is 0. The SMILES string of the molecule is CNC(CCc1ccccn1)Cc1cc(C)nn1C.